The molecule has 4 rings (SSSR count). The average molecular weight is 434 g/mol. The zero-order valence-corrected chi connectivity index (χ0v) is 17.1. The number of nitrogens with zero attached hydrogens (tertiary/aromatic N) is 1. The van der Waals surface area contributed by atoms with Crippen LogP contribution in [0.1, 0.15) is 36.0 Å². The van der Waals surface area contributed by atoms with Crippen molar-refractivity contribution in [3.05, 3.63) is 53.1 Å². The highest BCUT2D eigenvalue weighted by atomic mass is 35.5. The Labute approximate surface area is 174 Å². The minimum absolute atomic E-state index is 0.0594. The summed E-state index contributed by atoms with van der Waals surface area (Å²) in [6, 6.07) is 11.1. The van der Waals surface area contributed by atoms with Crippen molar-refractivity contribution in [3.63, 3.8) is 0 Å². The number of carbonyl (C=O) groups excluding carboxylic acids is 2. The van der Waals surface area contributed by atoms with Gasteiger partial charge in [0.1, 0.15) is 4.90 Å². The largest absolute Gasteiger partial charge is 0.322 e. The van der Waals surface area contributed by atoms with E-state index in [4.69, 9.17) is 11.6 Å². The number of hydrogen-bond donors (Lipinski definition) is 2. The van der Waals surface area contributed by atoms with E-state index >= 15 is 0 Å². The van der Waals surface area contributed by atoms with Crippen LogP contribution in [-0.4, -0.2) is 32.8 Å². The Balaban J connectivity index is 1.54. The second-order valence-corrected chi connectivity index (χ2v) is 9.28. The van der Waals surface area contributed by atoms with E-state index in [1.807, 2.05) is 6.07 Å². The highest BCUT2D eigenvalue weighted by Crippen LogP contribution is 2.28. The quantitative estimate of drug-likeness (QED) is 0.731. The number of sulfonamides is 1. The number of benzene rings is 2. The number of nitrogens with one attached hydrogen (secondary N) is 2. The normalized spacial score (nSPS) is 16.9. The minimum Gasteiger partial charge on any atom is -0.322 e. The van der Waals surface area contributed by atoms with Crippen LogP contribution >= 0.6 is 11.6 Å². The molecule has 2 aromatic carbocycles. The lowest BCUT2D eigenvalue weighted by Gasteiger charge is -2.17. The molecule has 0 aromatic heterocycles. The van der Waals surface area contributed by atoms with E-state index in [1.165, 1.54) is 18.2 Å². The number of amides is 2. The van der Waals surface area contributed by atoms with Gasteiger partial charge in [-0.15, -0.1) is 0 Å². The van der Waals surface area contributed by atoms with Gasteiger partial charge < -0.3 is 10.2 Å². The summed E-state index contributed by atoms with van der Waals surface area (Å²) in [7, 11) is -3.79. The van der Waals surface area contributed by atoms with Crippen LogP contribution in [-0.2, 0) is 14.8 Å². The fraction of sp³-hybridized carbons (Fsp3) is 0.300. The maximum atomic E-state index is 12.7. The molecule has 2 fully saturated rings. The summed E-state index contributed by atoms with van der Waals surface area (Å²) in [6.07, 6.45) is 2.93. The van der Waals surface area contributed by atoms with Crippen LogP contribution in [0.4, 0.5) is 11.4 Å². The van der Waals surface area contributed by atoms with Crippen LogP contribution < -0.4 is 14.9 Å². The molecule has 9 heteroatoms. The summed E-state index contributed by atoms with van der Waals surface area (Å²) in [5.41, 5.74) is 1.41. The molecule has 0 unspecified atom stereocenters. The van der Waals surface area contributed by atoms with Gasteiger partial charge in [-0.05, 0) is 55.7 Å². The summed E-state index contributed by atoms with van der Waals surface area (Å²) >= 11 is 6.07. The molecule has 1 saturated heterocycles. The number of hydrogen-bond acceptors (Lipinski definition) is 4. The lowest BCUT2D eigenvalue weighted by molar-refractivity contribution is -0.117. The van der Waals surface area contributed by atoms with Crippen LogP contribution in [0.25, 0.3) is 0 Å². The molecule has 1 saturated carbocycles. The molecule has 2 N–H and O–H groups in total. The fourth-order valence-electron chi connectivity index (χ4n) is 3.21. The maximum absolute atomic E-state index is 12.7. The number of halogens is 1. The third-order valence-corrected chi connectivity index (χ3v) is 6.87. The molecule has 2 aromatic rings. The summed E-state index contributed by atoms with van der Waals surface area (Å²) in [4.78, 5) is 26.2. The molecular weight excluding hydrogens is 414 g/mol. The van der Waals surface area contributed by atoms with Crippen LogP contribution in [0.5, 0.6) is 0 Å². The molecule has 0 spiro atoms. The van der Waals surface area contributed by atoms with Crippen LogP contribution in [0.15, 0.2) is 47.4 Å². The summed E-state index contributed by atoms with van der Waals surface area (Å²) in [5, 5.41) is 2.81. The van der Waals surface area contributed by atoms with Crippen molar-refractivity contribution in [1.82, 2.24) is 4.72 Å². The van der Waals surface area contributed by atoms with Gasteiger partial charge in [0.25, 0.3) is 5.91 Å². The molecule has 0 radical (unpaired) electrons. The second-order valence-electron chi connectivity index (χ2n) is 7.19. The Morgan fingerprint density at radius 1 is 1.14 bits per heavy atom. The van der Waals surface area contributed by atoms with Gasteiger partial charge in [-0.3, -0.25) is 9.59 Å². The van der Waals surface area contributed by atoms with E-state index in [2.05, 4.69) is 10.0 Å². The standard InChI is InChI=1S/C20H20ClN3O4S/c21-17-9-6-13(11-18(17)29(27,28)23-14-7-8-14)20(26)22-15-3-1-4-16(12-15)24-10-2-5-19(24)25/h1,3-4,6,9,11-12,14,23H,2,5,7-8,10H2,(H,22,26). The monoisotopic (exact) mass is 433 g/mol. The van der Waals surface area contributed by atoms with Crippen molar-refractivity contribution in [2.24, 2.45) is 0 Å². The molecule has 0 bridgehead atoms. The molecule has 1 aliphatic heterocycles. The molecule has 7 nitrogen and oxygen atoms in total. The predicted molar refractivity (Wildman–Crippen MR) is 111 cm³/mol. The number of anilines is 2. The van der Waals surface area contributed by atoms with Gasteiger partial charge >= 0.3 is 0 Å². The van der Waals surface area contributed by atoms with Gasteiger partial charge in [0.05, 0.1) is 5.02 Å². The first-order valence-electron chi connectivity index (χ1n) is 9.37. The Hall–Kier alpha value is -2.42. The van der Waals surface area contributed by atoms with Crippen molar-refractivity contribution < 1.29 is 18.0 Å². The van der Waals surface area contributed by atoms with Gasteiger partial charge in [-0.25, -0.2) is 13.1 Å². The molecule has 2 aliphatic rings. The molecule has 2 amide bonds. The van der Waals surface area contributed by atoms with Crippen LogP contribution in [0.2, 0.25) is 5.02 Å². The minimum atomic E-state index is -3.79. The van der Waals surface area contributed by atoms with Crippen molar-refractivity contribution >= 4 is 44.8 Å². The third-order valence-electron chi connectivity index (χ3n) is 4.87. The Morgan fingerprint density at radius 3 is 2.62 bits per heavy atom. The molecular formula is C20H20ClN3O4S. The first kappa shape index (κ1) is 19.9. The summed E-state index contributed by atoms with van der Waals surface area (Å²) in [5.74, 6) is -0.404. The van der Waals surface area contributed by atoms with Crippen molar-refractivity contribution in [2.45, 2.75) is 36.6 Å². The predicted octanol–water partition coefficient (Wildman–Crippen LogP) is 3.16. The van der Waals surface area contributed by atoms with Crippen molar-refractivity contribution in [2.75, 3.05) is 16.8 Å². The van der Waals surface area contributed by atoms with E-state index in [9.17, 15) is 18.0 Å². The van der Waals surface area contributed by atoms with Crippen LogP contribution in [0.3, 0.4) is 0 Å². The highest BCUT2D eigenvalue weighted by Gasteiger charge is 2.29. The highest BCUT2D eigenvalue weighted by molar-refractivity contribution is 7.89. The van der Waals surface area contributed by atoms with E-state index in [0.29, 0.717) is 18.7 Å². The zero-order valence-electron chi connectivity index (χ0n) is 15.5. The van der Waals surface area contributed by atoms with E-state index in [0.717, 1.165) is 24.9 Å². The van der Waals surface area contributed by atoms with Crippen LogP contribution in [0, 0.1) is 0 Å². The number of carbonyl (C=O) groups is 2. The number of rotatable bonds is 6. The van der Waals surface area contributed by atoms with E-state index in [1.54, 1.807) is 23.1 Å². The van der Waals surface area contributed by atoms with Crippen molar-refractivity contribution in [1.29, 1.82) is 0 Å². The summed E-state index contributed by atoms with van der Waals surface area (Å²) in [6.45, 7) is 0.655. The first-order chi connectivity index (χ1) is 13.8. The van der Waals surface area contributed by atoms with Gasteiger partial charge in [-0.1, -0.05) is 17.7 Å². The zero-order chi connectivity index (χ0) is 20.6. The fourth-order valence-corrected chi connectivity index (χ4v) is 5.04. The van der Waals surface area contributed by atoms with E-state index < -0.39 is 15.9 Å². The third kappa shape index (κ3) is 4.44. The maximum Gasteiger partial charge on any atom is 0.255 e. The van der Waals surface area contributed by atoms with Gasteiger partial charge in [-0.2, -0.15) is 0 Å². The Kier molecular flexibility index (Phi) is 5.33. The Bertz CT molecular complexity index is 1080. The molecule has 29 heavy (non-hydrogen) atoms. The molecule has 152 valence electrons. The first-order valence-corrected chi connectivity index (χ1v) is 11.2. The van der Waals surface area contributed by atoms with E-state index in [-0.39, 0.29) is 27.4 Å². The van der Waals surface area contributed by atoms with Gasteiger partial charge in [0, 0.05) is 35.9 Å². The SMILES string of the molecule is O=C(Nc1cccc(N2CCCC2=O)c1)c1ccc(Cl)c(S(=O)(=O)NC2CC2)c1. The second kappa shape index (κ2) is 7.78. The summed E-state index contributed by atoms with van der Waals surface area (Å²) < 4.78 is 27.6. The lowest BCUT2D eigenvalue weighted by atomic mass is 10.2. The average Bonchev–Trinajstić information content (AvgIpc) is 3.38. The molecule has 0 atom stereocenters. The Morgan fingerprint density at radius 2 is 1.93 bits per heavy atom. The topological polar surface area (TPSA) is 95.6 Å². The molecule has 1 heterocycles. The molecule has 1 aliphatic carbocycles. The smallest absolute Gasteiger partial charge is 0.255 e. The van der Waals surface area contributed by atoms with Crippen molar-refractivity contribution in [3.8, 4) is 0 Å². The lowest BCUT2D eigenvalue weighted by Crippen LogP contribution is -2.26. The van der Waals surface area contributed by atoms with Gasteiger partial charge in [0.2, 0.25) is 15.9 Å². The van der Waals surface area contributed by atoms with Gasteiger partial charge in [0.15, 0.2) is 0 Å².